The standard InChI is InChI=1S/C10H13N3/c1-3-4-8(2)13-10-7-9(11)5-6-12-10/h1,5-8H,4H2,2H3,(H3,11,12,13). The summed E-state index contributed by atoms with van der Waals surface area (Å²) in [5, 5.41) is 3.15. The maximum atomic E-state index is 5.59. The number of rotatable bonds is 3. The fraction of sp³-hybridized carbons (Fsp3) is 0.300. The van der Waals surface area contributed by atoms with E-state index in [1.54, 1.807) is 18.3 Å². The first-order valence-electron chi connectivity index (χ1n) is 4.14. The lowest BCUT2D eigenvalue weighted by Gasteiger charge is -2.11. The largest absolute Gasteiger partial charge is 0.399 e. The first-order chi connectivity index (χ1) is 6.22. The van der Waals surface area contributed by atoms with Crippen molar-refractivity contribution in [1.82, 2.24) is 4.98 Å². The van der Waals surface area contributed by atoms with Gasteiger partial charge in [0, 0.05) is 30.4 Å². The monoisotopic (exact) mass is 175 g/mol. The van der Waals surface area contributed by atoms with Crippen LogP contribution in [0.2, 0.25) is 0 Å². The molecule has 0 amide bonds. The number of nitrogens with zero attached hydrogens (tertiary/aromatic N) is 1. The Morgan fingerprint density at radius 3 is 3.15 bits per heavy atom. The molecule has 1 aromatic heterocycles. The lowest BCUT2D eigenvalue weighted by atomic mass is 10.2. The Bertz CT molecular complexity index is 314. The summed E-state index contributed by atoms with van der Waals surface area (Å²) in [5.74, 6) is 3.35. The second kappa shape index (κ2) is 4.36. The number of aromatic nitrogens is 1. The van der Waals surface area contributed by atoms with Crippen molar-refractivity contribution in [3.63, 3.8) is 0 Å². The lowest BCUT2D eigenvalue weighted by molar-refractivity contribution is 0.822. The van der Waals surface area contributed by atoms with Crippen LogP contribution < -0.4 is 11.1 Å². The van der Waals surface area contributed by atoms with Crippen molar-refractivity contribution < 1.29 is 0 Å². The first kappa shape index (κ1) is 9.40. The minimum atomic E-state index is 0.222. The summed E-state index contributed by atoms with van der Waals surface area (Å²) >= 11 is 0. The highest BCUT2D eigenvalue weighted by atomic mass is 15.0. The van der Waals surface area contributed by atoms with E-state index in [2.05, 4.69) is 16.2 Å². The number of nitrogen functional groups attached to an aromatic ring is 1. The van der Waals surface area contributed by atoms with E-state index in [-0.39, 0.29) is 6.04 Å². The molecule has 0 aliphatic carbocycles. The van der Waals surface area contributed by atoms with E-state index in [1.807, 2.05) is 6.92 Å². The molecule has 0 fully saturated rings. The van der Waals surface area contributed by atoms with Crippen LogP contribution in [0, 0.1) is 12.3 Å². The predicted octanol–water partition coefficient (Wildman–Crippen LogP) is 1.49. The summed E-state index contributed by atoms with van der Waals surface area (Å²) in [6, 6.07) is 3.75. The number of nitrogens with one attached hydrogen (secondary N) is 1. The van der Waals surface area contributed by atoms with Gasteiger partial charge >= 0.3 is 0 Å². The molecule has 0 saturated carbocycles. The zero-order chi connectivity index (χ0) is 9.68. The molecule has 1 aromatic rings. The Labute approximate surface area is 78.4 Å². The smallest absolute Gasteiger partial charge is 0.128 e. The van der Waals surface area contributed by atoms with E-state index in [0.717, 1.165) is 5.82 Å². The molecular formula is C10H13N3. The van der Waals surface area contributed by atoms with Gasteiger partial charge in [-0.3, -0.25) is 0 Å². The third kappa shape index (κ3) is 3.04. The van der Waals surface area contributed by atoms with Gasteiger partial charge in [-0.15, -0.1) is 12.3 Å². The zero-order valence-corrected chi connectivity index (χ0v) is 7.62. The molecule has 0 aromatic carbocycles. The van der Waals surface area contributed by atoms with E-state index >= 15 is 0 Å². The summed E-state index contributed by atoms with van der Waals surface area (Å²) in [5.41, 5.74) is 6.29. The minimum Gasteiger partial charge on any atom is -0.399 e. The highest BCUT2D eigenvalue weighted by Gasteiger charge is 2.00. The summed E-state index contributed by atoms with van der Waals surface area (Å²) in [6.07, 6.45) is 7.52. The fourth-order valence-corrected chi connectivity index (χ4v) is 1.01. The Morgan fingerprint density at radius 1 is 1.77 bits per heavy atom. The molecule has 1 unspecified atom stereocenters. The second-order valence-corrected chi connectivity index (χ2v) is 2.93. The van der Waals surface area contributed by atoms with Crippen LogP contribution in [-0.4, -0.2) is 11.0 Å². The summed E-state index contributed by atoms with van der Waals surface area (Å²) < 4.78 is 0. The maximum Gasteiger partial charge on any atom is 0.128 e. The molecule has 68 valence electrons. The Kier molecular flexibility index (Phi) is 3.15. The van der Waals surface area contributed by atoms with Crippen molar-refractivity contribution in [2.45, 2.75) is 19.4 Å². The van der Waals surface area contributed by atoms with Crippen molar-refractivity contribution in [3.8, 4) is 12.3 Å². The van der Waals surface area contributed by atoms with Gasteiger partial charge in [-0.1, -0.05) is 0 Å². The molecule has 0 bridgehead atoms. The normalized spacial score (nSPS) is 11.7. The number of hydrogen-bond acceptors (Lipinski definition) is 3. The molecule has 0 aliphatic rings. The van der Waals surface area contributed by atoms with Crippen LogP contribution in [0.1, 0.15) is 13.3 Å². The van der Waals surface area contributed by atoms with Gasteiger partial charge in [-0.05, 0) is 13.0 Å². The average Bonchev–Trinajstić information content (AvgIpc) is 2.04. The van der Waals surface area contributed by atoms with Gasteiger partial charge in [0.2, 0.25) is 0 Å². The van der Waals surface area contributed by atoms with Crippen molar-refractivity contribution in [1.29, 1.82) is 0 Å². The fourth-order valence-electron chi connectivity index (χ4n) is 1.01. The summed E-state index contributed by atoms with van der Waals surface area (Å²) in [6.45, 7) is 2.00. The molecule has 0 spiro atoms. The van der Waals surface area contributed by atoms with Crippen molar-refractivity contribution in [2.24, 2.45) is 0 Å². The van der Waals surface area contributed by atoms with Crippen molar-refractivity contribution >= 4 is 11.5 Å². The molecule has 1 heterocycles. The zero-order valence-electron chi connectivity index (χ0n) is 7.62. The molecular weight excluding hydrogens is 162 g/mol. The lowest BCUT2D eigenvalue weighted by Crippen LogP contribution is -2.14. The average molecular weight is 175 g/mol. The molecule has 3 nitrogen and oxygen atoms in total. The van der Waals surface area contributed by atoms with E-state index in [0.29, 0.717) is 12.1 Å². The molecule has 0 saturated heterocycles. The van der Waals surface area contributed by atoms with Gasteiger partial charge < -0.3 is 11.1 Å². The van der Waals surface area contributed by atoms with Crippen LogP contribution in [0.4, 0.5) is 11.5 Å². The SMILES string of the molecule is C#CCC(C)Nc1cc(N)ccn1. The van der Waals surface area contributed by atoms with Crippen LogP contribution >= 0.6 is 0 Å². The Balaban J connectivity index is 2.59. The third-order valence-electron chi connectivity index (χ3n) is 1.60. The molecule has 3 heteroatoms. The number of terminal acetylenes is 1. The molecule has 0 radical (unpaired) electrons. The van der Waals surface area contributed by atoms with Crippen molar-refractivity contribution in [3.05, 3.63) is 18.3 Å². The minimum absolute atomic E-state index is 0.222. The first-order valence-corrected chi connectivity index (χ1v) is 4.14. The maximum absolute atomic E-state index is 5.59. The molecule has 0 aliphatic heterocycles. The van der Waals surface area contributed by atoms with Crippen LogP contribution in [0.3, 0.4) is 0 Å². The Morgan fingerprint density at radius 2 is 2.54 bits per heavy atom. The number of pyridine rings is 1. The quantitative estimate of drug-likeness (QED) is 0.684. The van der Waals surface area contributed by atoms with E-state index < -0.39 is 0 Å². The second-order valence-electron chi connectivity index (χ2n) is 2.93. The number of hydrogen-bond donors (Lipinski definition) is 2. The van der Waals surface area contributed by atoms with Gasteiger partial charge in [0.05, 0.1) is 0 Å². The van der Waals surface area contributed by atoms with Crippen LogP contribution in [0.15, 0.2) is 18.3 Å². The third-order valence-corrected chi connectivity index (χ3v) is 1.60. The summed E-state index contributed by atoms with van der Waals surface area (Å²) in [4.78, 5) is 4.10. The van der Waals surface area contributed by atoms with E-state index in [9.17, 15) is 0 Å². The van der Waals surface area contributed by atoms with Gasteiger partial charge in [-0.25, -0.2) is 4.98 Å². The predicted molar refractivity (Wildman–Crippen MR) is 55.2 cm³/mol. The molecule has 13 heavy (non-hydrogen) atoms. The topological polar surface area (TPSA) is 50.9 Å². The van der Waals surface area contributed by atoms with Crippen LogP contribution in [-0.2, 0) is 0 Å². The van der Waals surface area contributed by atoms with Crippen LogP contribution in [0.25, 0.3) is 0 Å². The van der Waals surface area contributed by atoms with Gasteiger partial charge in [0.25, 0.3) is 0 Å². The molecule has 3 N–H and O–H groups in total. The van der Waals surface area contributed by atoms with Gasteiger partial charge in [0.1, 0.15) is 5.82 Å². The highest BCUT2D eigenvalue weighted by molar-refractivity contribution is 5.48. The van der Waals surface area contributed by atoms with E-state index in [4.69, 9.17) is 12.2 Å². The molecule has 1 rings (SSSR count). The number of anilines is 2. The van der Waals surface area contributed by atoms with Gasteiger partial charge in [-0.2, -0.15) is 0 Å². The summed E-state index contributed by atoms with van der Waals surface area (Å²) in [7, 11) is 0. The van der Waals surface area contributed by atoms with Gasteiger partial charge in [0.15, 0.2) is 0 Å². The van der Waals surface area contributed by atoms with E-state index in [1.165, 1.54) is 0 Å². The van der Waals surface area contributed by atoms with Crippen LogP contribution in [0.5, 0.6) is 0 Å². The number of nitrogens with two attached hydrogens (primary N) is 1. The highest BCUT2D eigenvalue weighted by Crippen LogP contribution is 2.09. The molecule has 1 atom stereocenters. The van der Waals surface area contributed by atoms with Crippen molar-refractivity contribution in [2.75, 3.05) is 11.1 Å². The Hall–Kier alpha value is -1.69.